The summed E-state index contributed by atoms with van der Waals surface area (Å²) in [5.41, 5.74) is 0.425. The van der Waals surface area contributed by atoms with E-state index >= 15 is 0 Å². The zero-order chi connectivity index (χ0) is 13.1. The van der Waals surface area contributed by atoms with Gasteiger partial charge in [0, 0.05) is 39.3 Å². The molecule has 1 aromatic rings. The van der Waals surface area contributed by atoms with E-state index in [1.165, 1.54) is 0 Å². The van der Waals surface area contributed by atoms with Gasteiger partial charge >= 0.3 is 7.12 Å². The van der Waals surface area contributed by atoms with Gasteiger partial charge in [-0.3, -0.25) is 4.79 Å². The Morgan fingerprint density at radius 2 is 2.00 bits per heavy atom. The number of piperazine rings is 1. The van der Waals surface area contributed by atoms with Gasteiger partial charge in [0.25, 0.3) is 0 Å². The highest BCUT2D eigenvalue weighted by Crippen LogP contribution is 2.11. The maximum absolute atomic E-state index is 11.2. The number of pyridine rings is 1. The van der Waals surface area contributed by atoms with Crippen LogP contribution in [0.1, 0.15) is 6.92 Å². The Labute approximate surface area is 106 Å². The van der Waals surface area contributed by atoms with Gasteiger partial charge in [-0.2, -0.15) is 0 Å². The van der Waals surface area contributed by atoms with Crippen LogP contribution in [0.25, 0.3) is 0 Å². The molecule has 18 heavy (non-hydrogen) atoms. The first-order chi connectivity index (χ1) is 8.58. The normalized spacial score (nSPS) is 15.7. The number of carbonyl (C=O) groups excluding carboxylic acids is 1. The van der Waals surface area contributed by atoms with Gasteiger partial charge < -0.3 is 19.8 Å². The molecule has 96 valence electrons. The molecule has 1 fully saturated rings. The van der Waals surface area contributed by atoms with Crippen LogP contribution >= 0.6 is 0 Å². The van der Waals surface area contributed by atoms with Crippen LogP contribution in [-0.2, 0) is 4.79 Å². The highest BCUT2D eigenvalue weighted by Gasteiger charge is 2.20. The zero-order valence-electron chi connectivity index (χ0n) is 10.3. The number of aromatic nitrogens is 1. The summed E-state index contributed by atoms with van der Waals surface area (Å²) in [6, 6.07) is 3.23. The predicted molar refractivity (Wildman–Crippen MR) is 68.5 cm³/mol. The molecule has 1 aromatic heterocycles. The van der Waals surface area contributed by atoms with Crippen LogP contribution in [0.5, 0.6) is 0 Å². The molecule has 0 aromatic carbocycles. The van der Waals surface area contributed by atoms with Crippen molar-refractivity contribution >= 4 is 24.3 Å². The van der Waals surface area contributed by atoms with Gasteiger partial charge in [-0.05, 0) is 17.6 Å². The van der Waals surface area contributed by atoms with Crippen LogP contribution in [0.2, 0.25) is 0 Å². The molecule has 0 radical (unpaired) electrons. The minimum Gasteiger partial charge on any atom is -0.423 e. The Hall–Kier alpha value is -1.60. The quantitative estimate of drug-likeness (QED) is 0.619. The van der Waals surface area contributed by atoms with Crippen molar-refractivity contribution in [2.75, 3.05) is 31.1 Å². The van der Waals surface area contributed by atoms with Gasteiger partial charge in [0.2, 0.25) is 5.91 Å². The van der Waals surface area contributed by atoms with Crippen LogP contribution in [0.3, 0.4) is 0 Å². The van der Waals surface area contributed by atoms with E-state index in [-0.39, 0.29) is 5.91 Å². The molecule has 6 nitrogen and oxygen atoms in total. The Balaban J connectivity index is 2.05. The first kappa shape index (κ1) is 12.9. The van der Waals surface area contributed by atoms with E-state index in [4.69, 9.17) is 10.0 Å². The van der Waals surface area contributed by atoms with Gasteiger partial charge in [0.1, 0.15) is 5.82 Å². The molecule has 1 aliphatic rings. The minimum atomic E-state index is -1.48. The second kappa shape index (κ2) is 5.37. The average molecular weight is 249 g/mol. The van der Waals surface area contributed by atoms with E-state index < -0.39 is 7.12 Å². The number of anilines is 1. The van der Waals surface area contributed by atoms with Crippen molar-refractivity contribution in [3.8, 4) is 0 Å². The standard InChI is InChI=1S/C11H16BN3O3/c1-9(16)14-4-6-15(7-5-14)11-8-10(12(17)18)2-3-13-11/h2-3,8,17-18H,4-7H2,1H3. The number of hydrogen-bond acceptors (Lipinski definition) is 5. The van der Waals surface area contributed by atoms with Crippen molar-refractivity contribution in [2.45, 2.75) is 6.92 Å². The van der Waals surface area contributed by atoms with E-state index in [9.17, 15) is 4.79 Å². The highest BCUT2D eigenvalue weighted by molar-refractivity contribution is 6.58. The van der Waals surface area contributed by atoms with Crippen LogP contribution in [0.4, 0.5) is 5.82 Å². The molecule has 0 unspecified atom stereocenters. The molecule has 1 saturated heterocycles. The lowest BCUT2D eigenvalue weighted by Crippen LogP contribution is -2.48. The van der Waals surface area contributed by atoms with Gasteiger partial charge in [-0.1, -0.05) is 0 Å². The summed E-state index contributed by atoms with van der Waals surface area (Å²) in [7, 11) is -1.48. The fraction of sp³-hybridized carbons (Fsp3) is 0.455. The molecule has 7 heteroatoms. The molecule has 2 heterocycles. The second-order valence-corrected chi connectivity index (χ2v) is 4.31. The third-order valence-corrected chi connectivity index (χ3v) is 3.12. The smallest absolute Gasteiger partial charge is 0.423 e. The zero-order valence-corrected chi connectivity index (χ0v) is 10.3. The number of nitrogens with zero attached hydrogens (tertiary/aromatic N) is 3. The number of hydrogen-bond donors (Lipinski definition) is 2. The fourth-order valence-electron chi connectivity index (χ4n) is 2.02. The topological polar surface area (TPSA) is 76.9 Å². The van der Waals surface area contributed by atoms with Gasteiger partial charge in [0.15, 0.2) is 0 Å². The lowest BCUT2D eigenvalue weighted by atomic mass is 9.81. The van der Waals surface area contributed by atoms with E-state index in [0.29, 0.717) is 37.5 Å². The van der Waals surface area contributed by atoms with E-state index in [0.717, 1.165) is 0 Å². The Morgan fingerprint density at radius 1 is 1.33 bits per heavy atom. The molecule has 1 amide bonds. The van der Waals surface area contributed by atoms with Crippen molar-refractivity contribution in [3.05, 3.63) is 18.3 Å². The molecule has 0 spiro atoms. The summed E-state index contributed by atoms with van der Waals surface area (Å²) in [4.78, 5) is 19.3. The van der Waals surface area contributed by atoms with E-state index in [1.807, 2.05) is 4.90 Å². The summed E-state index contributed by atoms with van der Waals surface area (Å²) in [6.45, 7) is 4.32. The van der Waals surface area contributed by atoms with E-state index in [1.54, 1.807) is 30.2 Å². The Bertz CT molecular complexity index is 433. The molecule has 1 aliphatic heterocycles. The molecule has 2 N–H and O–H groups in total. The molecule has 2 rings (SSSR count). The summed E-state index contributed by atoms with van der Waals surface area (Å²) < 4.78 is 0. The average Bonchev–Trinajstić information content (AvgIpc) is 2.39. The lowest BCUT2D eigenvalue weighted by molar-refractivity contribution is -0.129. The molecule has 0 saturated carbocycles. The fourth-order valence-corrected chi connectivity index (χ4v) is 2.02. The monoisotopic (exact) mass is 249 g/mol. The number of rotatable bonds is 2. The van der Waals surface area contributed by atoms with E-state index in [2.05, 4.69) is 4.98 Å². The Morgan fingerprint density at radius 3 is 2.56 bits per heavy atom. The molecule has 0 bridgehead atoms. The third kappa shape index (κ3) is 2.80. The summed E-state index contributed by atoms with van der Waals surface area (Å²) >= 11 is 0. The van der Waals surface area contributed by atoms with Crippen molar-refractivity contribution in [3.63, 3.8) is 0 Å². The van der Waals surface area contributed by atoms with Crippen molar-refractivity contribution < 1.29 is 14.8 Å². The molecular weight excluding hydrogens is 233 g/mol. The highest BCUT2D eigenvalue weighted by atomic mass is 16.4. The van der Waals surface area contributed by atoms with Gasteiger partial charge in [0.05, 0.1) is 0 Å². The molecule has 0 atom stereocenters. The SMILES string of the molecule is CC(=O)N1CCN(c2cc(B(O)O)ccn2)CC1. The summed E-state index contributed by atoms with van der Waals surface area (Å²) in [5, 5.41) is 18.2. The second-order valence-electron chi connectivity index (χ2n) is 4.31. The molecular formula is C11H16BN3O3. The number of carbonyl (C=O) groups is 1. The largest absolute Gasteiger partial charge is 0.488 e. The van der Waals surface area contributed by atoms with Gasteiger partial charge in [-0.25, -0.2) is 4.98 Å². The molecule has 0 aliphatic carbocycles. The van der Waals surface area contributed by atoms with Crippen molar-refractivity contribution in [1.29, 1.82) is 0 Å². The first-order valence-corrected chi connectivity index (χ1v) is 5.90. The maximum Gasteiger partial charge on any atom is 0.488 e. The summed E-state index contributed by atoms with van der Waals surface area (Å²) in [6.07, 6.45) is 1.56. The van der Waals surface area contributed by atoms with Crippen LogP contribution < -0.4 is 10.4 Å². The Kier molecular flexibility index (Phi) is 3.83. The van der Waals surface area contributed by atoms with Crippen LogP contribution in [0, 0.1) is 0 Å². The first-order valence-electron chi connectivity index (χ1n) is 5.90. The predicted octanol–water partition coefficient (Wildman–Crippen LogP) is -1.57. The van der Waals surface area contributed by atoms with Crippen molar-refractivity contribution in [1.82, 2.24) is 9.88 Å². The van der Waals surface area contributed by atoms with Crippen molar-refractivity contribution in [2.24, 2.45) is 0 Å². The number of amides is 1. The summed E-state index contributed by atoms with van der Waals surface area (Å²) in [5.74, 6) is 0.797. The minimum absolute atomic E-state index is 0.0853. The lowest BCUT2D eigenvalue weighted by Gasteiger charge is -2.35. The third-order valence-electron chi connectivity index (χ3n) is 3.12. The van der Waals surface area contributed by atoms with Crippen LogP contribution in [-0.4, -0.2) is 59.1 Å². The maximum atomic E-state index is 11.2. The van der Waals surface area contributed by atoms with Gasteiger partial charge in [-0.15, -0.1) is 0 Å². The van der Waals surface area contributed by atoms with Crippen LogP contribution in [0.15, 0.2) is 18.3 Å².